The van der Waals surface area contributed by atoms with Crippen LogP contribution in [0.15, 0.2) is 52.6 Å². The van der Waals surface area contributed by atoms with Crippen molar-refractivity contribution in [2.75, 3.05) is 0 Å². The highest BCUT2D eigenvalue weighted by Crippen LogP contribution is 2.34. The normalized spacial score (nSPS) is 19.7. The molecule has 0 fully saturated rings. The lowest BCUT2D eigenvalue weighted by Crippen LogP contribution is -2.10. The Balaban J connectivity index is 2.38. The first-order valence-corrected chi connectivity index (χ1v) is 6.88. The van der Waals surface area contributed by atoms with Gasteiger partial charge in [-0.2, -0.15) is 0 Å². The Morgan fingerprint density at radius 1 is 1.11 bits per heavy atom. The number of allylic oxidation sites excluding steroid dienone is 4. The van der Waals surface area contributed by atoms with Crippen LogP contribution in [0.5, 0.6) is 0 Å². The Kier molecular flexibility index (Phi) is 3.75. The number of hydrogen-bond donors (Lipinski definition) is 0. The van der Waals surface area contributed by atoms with Crippen molar-refractivity contribution in [3.05, 3.63) is 58.7 Å². The molecule has 1 aromatic rings. The molecule has 1 aliphatic rings. The van der Waals surface area contributed by atoms with E-state index in [4.69, 9.17) is 0 Å². The van der Waals surface area contributed by atoms with E-state index >= 15 is 0 Å². The Hall–Kier alpha value is -1.63. The molecule has 1 aliphatic carbocycles. The molecule has 0 bridgehead atoms. The van der Waals surface area contributed by atoms with Crippen molar-refractivity contribution in [1.82, 2.24) is 0 Å². The zero-order chi connectivity index (χ0) is 14.0. The van der Waals surface area contributed by atoms with Gasteiger partial charge >= 0.3 is 0 Å². The molecule has 1 heteroatoms. The van der Waals surface area contributed by atoms with Gasteiger partial charge in [0.05, 0.1) is 5.54 Å². The smallest absolute Gasteiger partial charge is 0.0524 e. The van der Waals surface area contributed by atoms with Gasteiger partial charge in [0.15, 0.2) is 0 Å². The summed E-state index contributed by atoms with van der Waals surface area (Å²) in [4.78, 5) is 4.64. The quantitative estimate of drug-likeness (QED) is 0.665. The molecule has 1 atom stereocenters. The standard InChI is InChI=1S/C18H23N/c1-13-10-11-16(14(13)2)17-9-7-6-8-15(17)12-19-18(3,4)5/h6-12,16H,1-5H3. The maximum absolute atomic E-state index is 4.64. The lowest BCUT2D eigenvalue weighted by molar-refractivity contribution is 0.586. The fourth-order valence-electron chi connectivity index (χ4n) is 2.27. The second-order valence-corrected chi connectivity index (χ2v) is 6.26. The number of rotatable bonds is 2. The maximum atomic E-state index is 4.64. The molecular formula is C18H23N. The first kappa shape index (κ1) is 13.8. The van der Waals surface area contributed by atoms with Gasteiger partial charge in [0.2, 0.25) is 0 Å². The highest BCUT2D eigenvalue weighted by molar-refractivity contribution is 5.83. The first-order valence-electron chi connectivity index (χ1n) is 6.88. The van der Waals surface area contributed by atoms with Crippen molar-refractivity contribution in [2.24, 2.45) is 4.99 Å². The summed E-state index contributed by atoms with van der Waals surface area (Å²) in [5, 5.41) is 0. The number of nitrogens with zero attached hydrogens (tertiary/aromatic N) is 1. The summed E-state index contributed by atoms with van der Waals surface area (Å²) in [6.45, 7) is 10.8. The topological polar surface area (TPSA) is 12.4 Å². The van der Waals surface area contributed by atoms with Crippen molar-refractivity contribution in [3.63, 3.8) is 0 Å². The van der Waals surface area contributed by atoms with Crippen LogP contribution in [-0.4, -0.2) is 11.8 Å². The van der Waals surface area contributed by atoms with Gasteiger partial charge in [-0.25, -0.2) is 0 Å². The van der Waals surface area contributed by atoms with Crippen LogP contribution < -0.4 is 0 Å². The summed E-state index contributed by atoms with van der Waals surface area (Å²) in [5.74, 6) is 0.405. The molecule has 19 heavy (non-hydrogen) atoms. The third kappa shape index (κ3) is 3.23. The van der Waals surface area contributed by atoms with Crippen molar-refractivity contribution in [3.8, 4) is 0 Å². The second kappa shape index (κ2) is 5.16. The van der Waals surface area contributed by atoms with Crippen LogP contribution in [0.4, 0.5) is 0 Å². The minimum absolute atomic E-state index is 0.0283. The van der Waals surface area contributed by atoms with Gasteiger partial charge in [-0.3, -0.25) is 4.99 Å². The monoisotopic (exact) mass is 253 g/mol. The van der Waals surface area contributed by atoms with Gasteiger partial charge in [-0.05, 0) is 45.7 Å². The Morgan fingerprint density at radius 3 is 2.37 bits per heavy atom. The van der Waals surface area contributed by atoms with Crippen LogP contribution >= 0.6 is 0 Å². The predicted octanol–water partition coefficient (Wildman–Crippen LogP) is 4.89. The largest absolute Gasteiger partial charge is 0.287 e. The van der Waals surface area contributed by atoms with E-state index in [2.05, 4.69) is 76.0 Å². The van der Waals surface area contributed by atoms with Crippen molar-refractivity contribution < 1.29 is 0 Å². The predicted molar refractivity (Wildman–Crippen MR) is 84.0 cm³/mol. The van der Waals surface area contributed by atoms with Crippen molar-refractivity contribution >= 4 is 6.21 Å². The van der Waals surface area contributed by atoms with E-state index in [1.165, 1.54) is 22.3 Å². The maximum Gasteiger partial charge on any atom is 0.0524 e. The lowest BCUT2D eigenvalue weighted by Gasteiger charge is -2.16. The van der Waals surface area contributed by atoms with Gasteiger partial charge in [0.25, 0.3) is 0 Å². The fourth-order valence-corrected chi connectivity index (χ4v) is 2.27. The molecule has 1 aromatic carbocycles. The first-order chi connectivity index (χ1) is 8.88. The second-order valence-electron chi connectivity index (χ2n) is 6.26. The van der Waals surface area contributed by atoms with E-state index in [1.807, 2.05) is 6.21 Å². The van der Waals surface area contributed by atoms with Crippen LogP contribution in [0.25, 0.3) is 0 Å². The molecule has 0 spiro atoms. The number of hydrogen-bond acceptors (Lipinski definition) is 1. The summed E-state index contributed by atoms with van der Waals surface area (Å²) < 4.78 is 0. The third-order valence-corrected chi connectivity index (χ3v) is 3.55. The fraction of sp³-hybridized carbons (Fsp3) is 0.389. The molecule has 0 saturated heterocycles. The Labute approximate surface area is 116 Å². The van der Waals surface area contributed by atoms with Crippen LogP contribution in [0.1, 0.15) is 51.7 Å². The molecule has 0 radical (unpaired) electrons. The average Bonchev–Trinajstić information content (AvgIpc) is 2.67. The van der Waals surface area contributed by atoms with Gasteiger partial charge < -0.3 is 0 Å². The van der Waals surface area contributed by atoms with E-state index in [9.17, 15) is 0 Å². The van der Waals surface area contributed by atoms with Crippen LogP contribution in [0.2, 0.25) is 0 Å². The molecule has 2 rings (SSSR count). The third-order valence-electron chi connectivity index (χ3n) is 3.55. The van der Waals surface area contributed by atoms with E-state index in [-0.39, 0.29) is 5.54 Å². The van der Waals surface area contributed by atoms with Gasteiger partial charge in [-0.1, -0.05) is 47.6 Å². The van der Waals surface area contributed by atoms with E-state index in [0.29, 0.717) is 5.92 Å². The van der Waals surface area contributed by atoms with E-state index < -0.39 is 0 Å². The van der Waals surface area contributed by atoms with Gasteiger partial charge in [0.1, 0.15) is 0 Å². The Morgan fingerprint density at radius 2 is 1.79 bits per heavy atom. The van der Waals surface area contributed by atoms with Gasteiger partial charge in [-0.15, -0.1) is 0 Å². The van der Waals surface area contributed by atoms with E-state index in [1.54, 1.807) is 0 Å². The molecular weight excluding hydrogens is 230 g/mol. The van der Waals surface area contributed by atoms with Crippen LogP contribution in [0.3, 0.4) is 0 Å². The van der Waals surface area contributed by atoms with Crippen molar-refractivity contribution in [2.45, 2.75) is 46.1 Å². The zero-order valence-corrected chi connectivity index (χ0v) is 12.6. The molecule has 0 aromatic heterocycles. The molecule has 1 nitrogen and oxygen atoms in total. The van der Waals surface area contributed by atoms with Crippen molar-refractivity contribution in [1.29, 1.82) is 0 Å². The summed E-state index contributed by atoms with van der Waals surface area (Å²) >= 11 is 0. The van der Waals surface area contributed by atoms with Crippen LogP contribution in [-0.2, 0) is 0 Å². The summed E-state index contributed by atoms with van der Waals surface area (Å²) in [5.41, 5.74) is 5.37. The minimum Gasteiger partial charge on any atom is -0.287 e. The minimum atomic E-state index is -0.0283. The van der Waals surface area contributed by atoms with Gasteiger partial charge in [0, 0.05) is 12.1 Å². The molecule has 1 unspecified atom stereocenters. The number of aliphatic imine (C=N–C) groups is 1. The van der Waals surface area contributed by atoms with E-state index in [0.717, 1.165) is 0 Å². The average molecular weight is 253 g/mol. The molecule has 0 N–H and O–H groups in total. The Bertz CT molecular complexity index is 553. The molecule has 100 valence electrons. The number of benzene rings is 1. The van der Waals surface area contributed by atoms with Crippen LogP contribution in [0, 0.1) is 0 Å². The summed E-state index contributed by atoms with van der Waals surface area (Å²) in [6, 6.07) is 8.55. The highest BCUT2D eigenvalue weighted by atomic mass is 14.8. The lowest BCUT2D eigenvalue weighted by atomic mass is 9.90. The zero-order valence-electron chi connectivity index (χ0n) is 12.6. The summed E-state index contributed by atoms with van der Waals surface area (Å²) in [6.07, 6.45) is 6.52. The molecule has 0 heterocycles. The highest BCUT2D eigenvalue weighted by Gasteiger charge is 2.18. The molecule has 0 amide bonds. The summed E-state index contributed by atoms with van der Waals surface area (Å²) in [7, 11) is 0. The molecule has 0 aliphatic heterocycles. The SMILES string of the molecule is CC1=C(C)C(c2ccccc2C=NC(C)(C)C)C=C1. The molecule has 0 saturated carbocycles.